The molecule has 106 valence electrons. The SMILES string of the molecule is Cc1cc(-c2nc(C(C)(C)C)[nH]c(=O)c2C)ccc1F. The van der Waals surface area contributed by atoms with E-state index in [9.17, 15) is 9.18 Å². The van der Waals surface area contributed by atoms with Gasteiger partial charge in [-0.25, -0.2) is 9.37 Å². The normalized spacial score (nSPS) is 11.7. The summed E-state index contributed by atoms with van der Waals surface area (Å²) in [5.41, 5.74) is 2.06. The lowest BCUT2D eigenvalue weighted by atomic mass is 9.95. The van der Waals surface area contributed by atoms with E-state index in [0.717, 1.165) is 5.56 Å². The van der Waals surface area contributed by atoms with Gasteiger partial charge < -0.3 is 4.98 Å². The van der Waals surface area contributed by atoms with Gasteiger partial charge in [-0.2, -0.15) is 0 Å². The van der Waals surface area contributed by atoms with Gasteiger partial charge in [-0.05, 0) is 37.6 Å². The molecule has 0 saturated heterocycles. The van der Waals surface area contributed by atoms with Crippen LogP contribution in [0.3, 0.4) is 0 Å². The molecule has 1 aromatic carbocycles. The predicted octanol–water partition coefficient (Wildman–Crippen LogP) is 3.49. The van der Waals surface area contributed by atoms with Crippen molar-refractivity contribution >= 4 is 0 Å². The first-order valence-corrected chi connectivity index (χ1v) is 6.58. The molecule has 1 N–H and O–H groups in total. The first-order chi connectivity index (χ1) is 9.20. The maximum Gasteiger partial charge on any atom is 0.254 e. The molecule has 0 aliphatic heterocycles. The van der Waals surface area contributed by atoms with Gasteiger partial charge in [0.2, 0.25) is 0 Å². The molecule has 0 saturated carbocycles. The minimum absolute atomic E-state index is 0.151. The molecule has 1 heterocycles. The summed E-state index contributed by atoms with van der Waals surface area (Å²) in [7, 11) is 0. The topological polar surface area (TPSA) is 45.8 Å². The molecule has 0 amide bonds. The summed E-state index contributed by atoms with van der Waals surface area (Å²) < 4.78 is 13.4. The average Bonchev–Trinajstić information content (AvgIpc) is 2.34. The van der Waals surface area contributed by atoms with E-state index >= 15 is 0 Å². The van der Waals surface area contributed by atoms with Crippen molar-refractivity contribution in [1.82, 2.24) is 9.97 Å². The number of hydrogen-bond donors (Lipinski definition) is 1. The molecular formula is C16H19FN2O. The zero-order valence-corrected chi connectivity index (χ0v) is 12.5. The van der Waals surface area contributed by atoms with Gasteiger partial charge in [0.25, 0.3) is 5.56 Å². The number of benzene rings is 1. The molecule has 0 radical (unpaired) electrons. The van der Waals surface area contributed by atoms with Gasteiger partial charge in [0.15, 0.2) is 0 Å². The van der Waals surface area contributed by atoms with Crippen LogP contribution in [0.25, 0.3) is 11.3 Å². The fraction of sp³-hybridized carbons (Fsp3) is 0.375. The minimum Gasteiger partial charge on any atom is -0.310 e. The number of aromatic nitrogens is 2. The van der Waals surface area contributed by atoms with E-state index in [4.69, 9.17) is 0 Å². The van der Waals surface area contributed by atoms with Gasteiger partial charge in [-0.3, -0.25) is 4.79 Å². The molecule has 0 aliphatic rings. The lowest BCUT2D eigenvalue weighted by Gasteiger charge is -2.19. The van der Waals surface area contributed by atoms with E-state index < -0.39 is 0 Å². The van der Waals surface area contributed by atoms with Gasteiger partial charge in [-0.1, -0.05) is 20.8 Å². The van der Waals surface area contributed by atoms with Crippen molar-refractivity contribution in [3.8, 4) is 11.3 Å². The highest BCUT2D eigenvalue weighted by Gasteiger charge is 2.20. The van der Waals surface area contributed by atoms with Gasteiger partial charge in [0, 0.05) is 16.5 Å². The summed E-state index contributed by atoms with van der Waals surface area (Å²) in [6.07, 6.45) is 0. The van der Waals surface area contributed by atoms with Crippen LogP contribution in [-0.2, 0) is 5.41 Å². The summed E-state index contributed by atoms with van der Waals surface area (Å²) in [6, 6.07) is 4.78. The van der Waals surface area contributed by atoms with E-state index in [1.54, 1.807) is 26.0 Å². The summed E-state index contributed by atoms with van der Waals surface area (Å²) in [5.74, 6) is 0.373. The second-order valence-corrected chi connectivity index (χ2v) is 6.10. The van der Waals surface area contributed by atoms with Crippen molar-refractivity contribution in [2.24, 2.45) is 0 Å². The lowest BCUT2D eigenvalue weighted by molar-refractivity contribution is 0.542. The van der Waals surface area contributed by atoms with E-state index in [-0.39, 0.29) is 16.8 Å². The van der Waals surface area contributed by atoms with Crippen LogP contribution < -0.4 is 5.56 Å². The Labute approximate surface area is 117 Å². The third-order valence-electron chi connectivity index (χ3n) is 3.29. The second kappa shape index (κ2) is 4.85. The van der Waals surface area contributed by atoms with Crippen molar-refractivity contribution in [3.63, 3.8) is 0 Å². The smallest absolute Gasteiger partial charge is 0.254 e. The Morgan fingerprint density at radius 3 is 2.40 bits per heavy atom. The van der Waals surface area contributed by atoms with Crippen LogP contribution in [0.5, 0.6) is 0 Å². The molecule has 1 aromatic heterocycles. The molecule has 2 aromatic rings. The molecule has 0 atom stereocenters. The number of H-pyrrole nitrogens is 1. The number of hydrogen-bond acceptors (Lipinski definition) is 2. The van der Waals surface area contributed by atoms with Crippen LogP contribution in [0.15, 0.2) is 23.0 Å². The Morgan fingerprint density at radius 2 is 1.85 bits per heavy atom. The second-order valence-electron chi connectivity index (χ2n) is 6.10. The molecule has 0 bridgehead atoms. The molecule has 0 spiro atoms. The molecule has 0 aliphatic carbocycles. The van der Waals surface area contributed by atoms with Crippen molar-refractivity contribution in [2.75, 3.05) is 0 Å². The number of nitrogens with one attached hydrogen (secondary N) is 1. The monoisotopic (exact) mass is 274 g/mol. The largest absolute Gasteiger partial charge is 0.310 e. The van der Waals surface area contributed by atoms with Crippen LogP contribution in [-0.4, -0.2) is 9.97 Å². The minimum atomic E-state index is -0.257. The van der Waals surface area contributed by atoms with Crippen LogP contribution in [0.1, 0.15) is 37.7 Å². The van der Waals surface area contributed by atoms with E-state index in [0.29, 0.717) is 22.6 Å². The fourth-order valence-corrected chi connectivity index (χ4v) is 1.96. The van der Waals surface area contributed by atoms with Crippen LogP contribution >= 0.6 is 0 Å². The summed E-state index contributed by atoms with van der Waals surface area (Å²) in [6.45, 7) is 9.39. The molecule has 0 unspecified atom stereocenters. The predicted molar refractivity (Wildman–Crippen MR) is 78.4 cm³/mol. The third-order valence-corrected chi connectivity index (χ3v) is 3.29. The Balaban J connectivity index is 2.70. The van der Waals surface area contributed by atoms with Crippen molar-refractivity contribution < 1.29 is 4.39 Å². The molecule has 0 fully saturated rings. The van der Waals surface area contributed by atoms with Gasteiger partial charge in [-0.15, -0.1) is 0 Å². The standard InChI is InChI=1S/C16H19FN2O/c1-9-8-11(6-7-12(9)17)13-10(2)14(20)19-15(18-13)16(3,4)5/h6-8H,1-5H3,(H,18,19,20). The number of nitrogens with zero attached hydrogens (tertiary/aromatic N) is 1. The highest BCUT2D eigenvalue weighted by atomic mass is 19.1. The molecule has 3 nitrogen and oxygen atoms in total. The first kappa shape index (κ1) is 14.4. The summed E-state index contributed by atoms with van der Waals surface area (Å²) >= 11 is 0. The van der Waals surface area contributed by atoms with Crippen molar-refractivity contribution in [3.05, 3.63) is 51.3 Å². The third kappa shape index (κ3) is 2.64. The quantitative estimate of drug-likeness (QED) is 0.865. The number of rotatable bonds is 1. The summed E-state index contributed by atoms with van der Waals surface area (Å²) in [4.78, 5) is 19.4. The lowest BCUT2D eigenvalue weighted by Crippen LogP contribution is -2.24. The van der Waals surface area contributed by atoms with E-state index in [1.807, 2.05) is 20.8 Å². The van der Waals surface area contributed by atoms with E-state index in [2.05, 4.69) is 9.97 Å². The van der Waals surface area contributed by atoms with Gasteiger partial charge >= 0.3 is 0 Å². The Kier molecular flexibility index (Phi) is 3.50. The maximum absolute atomic E-state index is 13.4. The fourth-order valence-electron chi connectivity index (χ4n) is 1.96. The highest BCUT2D eigenvalue weighted by Crippen LogP contribution is 2.24. The van der Waals surface area contributed by atoms with Crippen LogP contribution in [0.4, 0.5) is 4.39 Å². The average molecular weight is 274 g/mol. The number of aryl methyl sites for hydroxylation is 1. The van der Waals surface area contributed by atoms with Crippen molar-refractivity contribution in [2.45, 2.75) is 40.0 Å². The Hall–Kier alpha value is -1.97. The Morgan fingerprint density at radius 1 is 1.20 bits per heavy atom. The maximum atomic E-state index is 13.4. The first-order valence-electron chi connectivity index (χ1n) is 6.58. The number of halogens is 1. The zero-order valence-electron chi connectivity index (χ0n) is 12.5. The molecule has 4 heteroatoms. The highest BCUT2D eigenvalue weighted by molar-refractivity contribution is 5.63. The molecular weight excluding hydrogens is 255 g/mol. The van der Waals surface area contributed by atoms with Crippen LogP contribution in [0.2, 0.25) is 0 Å². The molecule has 20 heavy (non-hydrogen) atoms. The van der Waals surface area contributed by atoms with Crippen LogP contribution in [0, 0.1) is 19.7 Å². The molecule has 2 rings (SSSR count). The Bertz CT molecular complexity index is 711. The van der Waals surface area contributed by atoms with Gasteiger partial charge in [0.1, 0.15) is 11.6 Å². The zero-order chi connectivity index (χ0) is 15.1. The van der Waals surface area contributed by atoms with E-state index in [1.165, 1.54) is 6.07 Å². The van der Waals surface area contributed by atoms with Crippen molar-refractivity contribution in [1.29, 1.82) is 0 Å². The van der Waals surface area contributed by atoms with Gasteiger partial charge in [0.05, 0.1) is 5.69 Å². The summed E-state index contributed by atoms with van der Waals surface area (Å²) in [5, 5.41) is 0. The number of aromatic amines is 1.